The van der Waals surface area contributed by atoms with E-state index in [4.69, 9.17) is 26.6 Å². The first kappa shape index (κ1) is 30.2. The first-order chi connectivity index (χ1) is 14.1. The van der Waals surface area contributed by atoms with Crippen molar-refractivity contribution in [2.24, 2.45) is 0 Å². The van der Waals surface area contributed by atoms with Gasteiger partial charge in [-0.3, -0.25) is 0 Å². The Hall–Kier alpha value is 1.24. The van der Waals surface area contributed by atoms with Gasteiger partial charge in [-0.2, -0.15) is 0 Å². The van der Waals surface area contributed by atoms with Crippen molar-refractivity contribution in [1.82, 2.24) is 0 Å². The van der Waals surface area contributed by atoms with Gasteiger partial charge in [0.05, 0.1) is 0 Å². The van der Waals surface area contributed by atoms with E-state index >= 15 is 0 Å². The summed E-state index contributed by atoms with van der Waals surface area (Å²) < 4.78 is 35.0. The van der Waals surface area contributed by atoms with Crippen LogP contribution in [0.3, 0.4) is 0 Å². The van der Waals surface area contributed by atoms with Crippen LogP contribution < -0.4 is 0 Å². The molecule has 0 radical (unpaired) electrons. The molecule has 0 saturated carbocycles. The van der Waals surface area contributed by atoms with Crippen molar-refractivity contribution in [2.75, 3.05) is 52.2 Å². The van der Waals surface area contributed by atoms with E-state index in [2.05, 4.69) is 13.8 Å². The van der Waals surface area contributed by atoms with Crippen LogP contribution in [0.1, 0.15) is 53.4 Å². The predicted molar refractivity (Wildman–Crippen MR) is 133 cm³/mol. The minimum atomic E-state index is -2.48. The van der Waals surface area contributed by atoms with Gasteiger partial charge in [-0.1, -0.05) is 35.4 Å². The molecule has 11 heteroatoms. The van der Waals surface area contributed by atoms with Crippen molar-refractivity contribution in [2.45, 2.75) is 65.5 Å². The second-order valence-corrected chi connectivity index (χ2v) is 16.4. The highest BCUT2D eigenvalue weighted by molar-refractivity contribution is 9.09. The Labute approximate surface area is 192 Å². The van der Waals surface area contributed by atoms with Crippen LogP contribution in [0.5, 0.6) is 0 Å². The second-order valence-electron chi connectivity index (χ2n) is 6.26. The smallest absolute Gasteiger partial charge is 0.377 e. The molecule has 0 aliphatic carbocycles. The second kappa shape index (κ2) is 19.9. The summed E-state index contributed by atoms with van der Waals surface area (Å²) >= 11 is 0. The third kappa shape index (κ3) is 14.1. The van der Waals surface area contributed by atoms with Crippen LogP contribution in [-0.2, 0) is 26.6 Å². The molecule has 6 nitrogen and oxygen atoms in total. The molecule has 0 N–H and O–H groups in total. The molecule has 0 heterocycles. The van der Waals surface area contributed by atoms with E-state index in [-0.39, 0.29) is 0 Å². The topological polar surface area (TPSA) is 55.4 Å². The molecule has 0 spiro atoms. The van der Waals surface area contributed by atoms with Gasteiger partial charge in [0.2, 0.25) is 0 Å². The van der Waals surface area contributed by atoms with Crippen LogP contribution in [0.25, 0.3) is 0 Å². The van der Waals surface area contributed by atoms with Gasteiger partial charge in [-0.25, -0.2) is 0 Å². The Bertz CT molecular complexity index is 344. The fourth-order valence-corrected chi connectivity index (χ4v) is 11.7. The van der Waals surface area contributed by atoms with E-state index in [9.17, 15) is 0 Å². The van der Waals surface area contributed by atoms with Crippen LogP contribution in [0.2, 0.25) is 12.1 Å². The van der Waals surface area contributed by atoms with Crippen molar-refractivity contribution in [3.05, 3.63) is 0 Å². The van der Waals surface area contributed by atoms with Gasteiger partial charge in [-0.15, -0.1) is 0 Å². The summed E-state index contributed by atoms with van der Waals surface area (Å²) in [6.07, 6.45) is 4.03. The third-order valence-corrected chi connectivity index (χ3v) is 14.3. The van der Waals surface area contributed by atoms with Gasteiger partial charge in [0, 0.05) is 64.2 Å². The largest absolute Gasteiger partial charge is 0.500 e. The fourth-order valence-electron chi connectivity index (χ4n) is 2.56. The molecule has 2 atom stereocenters. The zero-order valence-electron chi connectivity index (χ0n) is 19.2. The Morgan fingerprint density at radius 3 is 1.34 bits per heavy atom. The van der Waals surface area contributed by atoms with Crippen LogP contribution >= 0.6 is 31.4 Å². The van der Waals surface area contributed by atoms with Crippen molar-refractivity contribution < 1.29 is 26.6 Å². The molecule has 29 heavy (non-hydrogen) atoms. The summed E-state index contributed by atoms with van der Waals surface area (Å²) in [6.45, 7) is 10.9. The molecule has 176 valence electrons. The molecule has 2 unspecified atom stereocenters. The van der Waals surface area contributed by atoms with E-state index in [0.29, 0.717) is 26.4 Å². The Morgan fingerprint density at radius 2 is 1.03 bits per heavy atom. The zero-order chi connectivity index (χ0) is 21.8. The molecule has 0 aliphatic rings. The maximum absolute atomic E-state index is 5.96. The van der Waals surface area contributed by atoms with E-state index in [1.807, 2.05) is 45.3 Å². The maximum Gasteiger partial charge on any atom is 0.500 e. The molecule has 0 saturated heterocycles. The number of rotatable bonds is 22. The maximum atomic E-state index is 5.96. The minimum absolute atomic E-state index is 0.636. The minimum Gasteiger partial charge on any atom is -0.377 e. The Kier molecular flexibility index (Phi) is 20.7. The van der Waals surface area contributed by atoms with E-state index in [0.717, 1.165) is 49.3 Å². The number of hydrogen-bond acceptors (Lipinski definition) is 9. The molecule has 0 aromatic rings. The Morgan fingerprint density at radius 1 is 0.621 bits per heavy atom. The standard InChI is InChI=1S/C18H42O6S3Si2/c1-7-13-23-28(19-5,21-9-3)17-11-15-25-27-26-16-12-18-29(20-6,22-10-4)24-14-8-2/h7-18H2,1-6H3. The molecular formula is C18H42O6S3Si2. The summed E-state index contributed by atoms with van der Waals surface area (Å²) in [5.74, 6) is 2.13. The van der Waals surface area contributed by atoms with Crippen LogP contribution in [0, 0.1) is 0 Å². The predicted octanol–water partition coefficient (Wildman–Crippen LogP) is 5.89. The van der Waals surface area contributed by atoms with Crippen LogP contribution in [0.15, 0.2) is 0 Å². The SMILES string of the molecule is CCCO[Si](CCCSSSCCC[Si](OC)(OCC)OCCC)(OC)OCC. The van der Waals surface area contributed by atoms with Crippen LogP contribution in [0.4, 0.5) is 0 Å². The van der Waals surface area contributed by atoms with Crippen LogP contribution in [-0.4, -0.2) is 69.8 Å². The monoisotopic (exact) mass is 506 g/mol. The molecule has 0 aromatic heterocycles. The van der Waals surface area contributed by atoms with E-state index < -0.39 is 17.6 Å². The molecule has 0 aliphatic heterocycles. The zero-order valence-corrected chi connectivity index (χ0v) is 23.6. The normalized spacial score (nSPS) is 15.9. The van der Waals surface area contributed by atoms with Gasteiger partial charge >= 0.3 is 17.6 Å². The lowest BCUT2D eigenvalue weighted by Gasteiger charge is -2.27. The lowest BCUT2D eigenvalue weighted by Crippen LogP contribution is -2.45. The molecule has 0 rings (SSSR count). The first-order valence-electron chi connectivity index (χ1n) is 10.6. The summed E-state index contributed by atoms with van der Waals surface area (Å²) in [7, 11) is 4.09. The van der Waals surface area contributed by atoms with Crippen molar-refractivity contribution in [3.8, 4) is 0 Å². The average Bonchev–Trinajstić information content (AvgIpc) is 2.74. The highest BCUT2D eigenvalue weighted by Gasteiger charge is 2.39. The molecule has 0 fully saturated rings. The summed E-state index contributed by atoms with van der Waals surface area (Å²) in [6, 6.07) is 1.75. The van der Waals surface area contributed by atoms with E-state index in [1.54, 1.807) is 14.2 Å². The molecule has 0 bridgehead atoms. The van der Waals surface area contributed by atoms with Gasteiger partial charge < -0.3 is 26.6 Å². The third-order valence-electron chi connectivity index (χ3n) is 3.92. The highest BCUT2D eigenvalue weighted by Crippen LogP contribution is 2.36. The average molecular weight is 507 g/mol. The van der Waals surface area contributed by atoms with Gasteiger partial charge in [-0.05, 0) is 49.4 Å². The van der Waals surface area contributed by atoms with Crippen molar-refractivity contribution >= 4 is 49.0 Å². The first-order valence-corrected chi connectivity index (χ1v) is 18.3. The quantitative estimate of drug-likeness (QED) is 0.102. The molecular weight excluding hydrogens is 465 g/mol. The van der Waals surface area contributed by atoms with E-state index in [1.165, 1.54) is 0 Å². The van der Waals surface area contributed by atoms with Gasteiger partial charge in [0.25, 0.3) is 0 Å². The lowest BCUT2D eigenvalue weighted by molar-refractivity contribution is 0.0812. The lowest BCUT2D eigenvalue weighted by atomic mass is 10.5. The summed E-state index contributed by atoms with van der Waals surface area (Å²) in [4.78, 5) is 0. The van der Waals surface area contributed by atoms with Gasteiger partial charge in [0.15, 0.2) is 0 Å². The molecule has 0 amide bonds. The van der Waals surface area contributed by atoms with Gasteiger partial charge in [0.1, 0.15) is 0 Å². The highest BCUT2D eigenvalue weighted by atomic mass is 33.5. The fraction of sp³-hybridized carbons (Fsp3) is 1.00. The summed E-state index contributed by atoms with van der Waals surface area (Å²) in [5, 5.41) is 0. The Balaban J connectivity index is 4.00. The summed E-state index contributed by atoms with van der Waals surface area (Å²) in [5.41, 5.74) is 0. The molecule has 0 aromatic carbocycles. The number of hydrogen-bond donors (Lipinski definition) is 0. The van der Waals surface area contributed by atoms with Crippen molar-refractivity contribution in [3.63, 3.8) is 0 Å². The van der Waals surface area contributed by atoms with Crippen molar-refractivity contribution in [1.29, 1.82) is 0 Å².